The first-order valence-electron chi connectivity index (χ1n) is 10.3. The number of carbonyl (C=O) groups is 1. The zero-order valence-electron chi connectivity index (χ0n) is 18.0. The minimum Gasteiger partial charge on any atom is -0.305 e. The van der Waals surface area contributed by atoms with E-state index in [0.29, 0.717) is 11.5 Å². The molecule has 0 atom stereocenters. The summed E-state index contributed by atoms with van der Waals surface area (Å²) in [5.74, 6) is 0.254. The number of aromatic amines is 1. The van der Waals surface area contributed by atoms with Crippen molar-refractivity contribution in [1.29, 1.82) is 0 Å². The van der Waals surface area contributed by atoms with Gasteiger partial charge in [-0.25, -0.2) is 4.99 Å². The smallest absolute Gasteiger partial charge is 0.277 e. The molecule has 4 rings (SSSR count). The van der Waals surface area contributed by atoms with Gasteiger partial charge in [-0.3, -0.25) is 14.9 Å². The van der Waals surface area contributed by atoms with Crippen molar-refractivity contribution in [1.82, 2.24) is 25.4 Å². The molecule has 0 saturated carbocycles. The van der Waals surface area contributed by atoms with Crippen LogP contribution in [-0.2, 0) is 6.54 Å². The van der Waals surface area contributed by atoms with Gasteiger partial charge in [-0.1, -0.05) is 18.6 Å². The van der Waals surface area contributed by atoms with Gasteiger partial charge in [-0.2, -0.15) is 5.10 Å². The highest BCUT2D eigenvalue weighted by atomic mass is 16.2. The lowest BCUT2D eigenvalue weighted by Gasteiger charge is -2.10. The second-order valence-corrected chi connectivity index (χ2v) is 7.86. The summed E-state index contributed by atoms with van der Waals surface area (Å²) in [5.41, 5.74) is 5.54. The predicted molar refractivity (Wildman–Crippen MR) is 124 cm³/mol. The van der Waals surface area contributed by atoms with Gasteiger partial charge in [0.1, 0.15) is 5.82 Å². The molecule has 7 heteroatoms. The Labute approximate surface area is 181 Å². The maximum Gasteiger partial charge on any atom is 0.277 e. The van der Waals surface area contributed by atoms with E-state index in [-0.39, 0.29) is 5.91 Å². The number of fused-ring (bicyclic) bond motifs is 1. The van der Waals surface area contributed by atoms with Gasteiger partial charge in [0, 0.05) is 36.1 Å². The van der Waals surface area contributed by atoms with Gasteiger partial charge in [-0.05, 0) is 68.4 Å². The average molecular weight is 415 g/mol. The number of H-pyrrole nitrogens is 1. The molecule has 0 bridgehead atoms. The third-order valence-corrected chi connectivity index (χ3v) is 5.18. The standard InChI is InChI=1S/C24H26N6O/c1-4-16-5-8-22(26-10-9-16)27-24(31)23-20-12-18(6-7-21(20)28-29-23)19-11-17(13-25-14-19)15-30(2)3/h6-14H,4-5,15H2,1-3H3,(H,27,31)(H,28,29). The number of nitrogens with one attached hydrogen (secondary N) is 2. The molecule has 3 aromatic rings. The molecule has 3 heterocycles. The maximum atomic E-state index is 12.9. The van der Waals surface area contributed by atoms with Crippen LogP contribution in [0.2, 0.25) is 0 Å². The van der Waals surface area contributed by atoms with E-state index in [1.165, 1.54) is 5.57 Å². The van der Waals surface area contributed by atoms with E-state index in [1.807, 2.05) is 56.8 Å². The summed E-state index contributed by atoms with van der Waals surface area (Å²) < 4.78 is 0. The number of nitrogens with zero attached hydrogens (tertiary/aromatic N) is 4. The molecule has 0 aliphatic carbocycles. The number of aromatic nitrogens is 3. The van der Waals surface area contributed by atoms with Crippen LogP contribution in [0.25, 0.3) is 22.0 Å². The Morgan fingerprint density at radius 3 is 2.87 bits per heavy atom. The first-order chi connectivity index (χ1) is 15.0. The molecule has 31 heavy (non-hydrogen) atoms. The number of rotatable bonds is 6. The fourth-order valence-electron chi connectivity index (χ4n) is 3.56. The first-order valence-corrected chi connectivity index (χ1v) is 10.3. The molecule has 2 N–H and O–H groups in total. The Balaban J connectivity index is 1.60. The van der Waals surface area contributed by atoms with E-state index in [4.69, 9.17) is 0 Å². The van der Waals surface area contributed by atoms with Crippen molar-refractivity contribution in [3.63, 3.8) is 0 Å². The highest BCUT2D eigenvalue weighted by molar-refractivity contribution is 6.06. The zero-order chi connectivity index (χ0) is 21.8. The largest absolute Gasteiger partial charge is 0.305 e. The van der Waals surface area contributed by atoms with E-state index in [2.05, 4.69) is 43.4 Å². The molecule has 0 saturated heterocycles. The molecule has 1 aliphatic rings. The molecule has 1 aromatic carbocycles. The number of benzene rings is 1. The van der Waals surface area contributed by atoms with Gasteiger partial charge < -0.3 is 10.2 Å². The zero-order valence-corrected chi connectivity index (χ0v) is 18.0. The number of allylic oxidation sites excluding steroid dienone is 3. The van der Waals surface area contributed by atoms with Crippen molar-refractivity contribution in [3.8, 4) is 11.1 Å². The Kier molecular flexibility index (Phi) is 6.04. The van der Waals surface area contributed by atoms with Crippen LogP contribution in [0.4, 0.5) is 0 Å². The van der Waals surface area contributed by atoms with Gasteiger partial charge in [0.05, 0.1) is 5.52 Å². The quantitative estimate of drug-likeness (QED) is 0.637. The van der Waals surface area contributed by atoms with Crippen LogP contribution < -0.4 is 5.32 Å². The van der Waals surface area contributed by atoms with Gasteiger partial charge in [0.15, 0.2) is 5.69 Å². The van der Waals surface area contributed by atoms with E-state index in [0.717, 1.165) is 47.0 Å². The summed E-state index contributed by atoms with van der Waals surface area (Å²) in [5, 5.41) is 10.8. The fourth-order valence-corrected chi connectivity index (χ4v) is 3.56. The number of amides is 1. The lowest BCUT2D eigenvalue weighted by Crippen LogP contribution is -2.22. The SMILES string of the molecule is CCC1=CC=NC(NC(=O)c2n[nH]c3ccc(-c4cncc(CN(C)C)c4)cc23)=CC1. The van der Waals surface area contributed by atoms with Crippen molar-refractivity contribution >= 4 is 23.0 Å². The molecule has 0 radical (unpaired) electrons. The number of aliphatic imine (C=N–C) groups is 1. The molecule has 1 aliphatic heterocycles. The third-order valence-electron chi connectivity index (χ3n) is 5.18. The van der Waals surface area contributed by atoms with Gasteiger partial charge in [0.2, 0.25) is 0 Å². The Morgan fingerprint density at radius 2 is 2.06 bits per heavy atom. The molecule has 158 valence electrons. The summed E-state index contributed by atoms with van der Waals surface area (Å²) in [6, 6.07) is 8.05. The summed E-state index contributed by atoms with van der Waals surface area (Å²) in [4.78, 5) is 23.7. The van der Waals surface area contributed by atoms with Crippen LogP contribution in [0.15, 0.2) is 65.2 Å². The van der Waals surface area contributed by atoms with Crippen LogP contribution in [0.3, 0.4) is 0 Å². The summed E-state index contributed by atoms with van der Waals surface area (Å²) in [6.07, 6.45) is 11.1. The van der Waals surface area contributed by atoms with Gasteiger partial charge in [-0.15, -0.1) is 0 Å². The van der Waals surface area contributed by atoms with Gasteiger partial charge >= 0.3 is 0 Å². The molecular formula is C24H26N6O. The first kappa shape index (κ1) is 20.7. The Morgan fingerprint density at radius 1 is 1.19 bits per heavy atom. The molecule has 1 amide bonds. The van der Waals surface area contributed by atoms with E-state index < -0.39 is 0 Å². The Hall–Kier alpha value is -3.58. The van der Waals surface area contributed by atoms with Crippen molar-refractivity contribution in [2.45, 2.75) is 26.3 Å². The molecular weight excluding hydrogens is 388 g/mol. The predicted octanol–water partition coefficient (Wildman–Crippen LogP) is 4.07. The third kappa shape index (κ3) is 4.78. The van der Waals surface area contributed by atoms with Crippen molar-refractivity contribution < 1.29 is 4.79 Å². The second-order valence-electron chi connectivity index (χ2n) is 7.86. The molecule has 7 nitrogen and oxygen atoms in total. The monoisotopic (exact) mass is 414 g/mol. The normalized spacial score (nSPS) is 13.8. The summed E-state index contributed by atoms with van der Waals surface area (Å²) >= 11 is 0. The van der Waals surface area contributed by atoms with Crippen LogP contribution in [-0.4, -0.2) is 46.3 Å². The van der Waals surface area contributed by atoms with Crippen LogP contribution >= 0.6 is 0 Å². The molecule has 0 unspecified atom stereocenters. The minimum absolute atomic E-state index is 0.286. The highest BCUT2D eigenvalue weighted by Crippen LogP contribution is 2.26. The van der Waals surface area contributed by atoms with Crippen molar-refractivity contribution in [2.75, 3.05) is 14.1 Å². The van der Waals surface area contributed by atoms with Gasteiger partial charge in [0.25, 0.3) is 5.91 Å². The lowest BCUT2D eigenvalue weighted by atomic mass is 10.0. The topological polar surface area (TPSA) is 86.3 Å². The number of pyridine rings is 1. The fraction of sp³-hybridized carbons (Fsp3) is 0.250. The lowest BCUT2D eigenvalue weighted by molar-refractivity contribution is 0.0962. The van der Waals surface area contributed by atoms with Crippen molar-refractivity contribution in [3.05, 3.63) is 71.5 Å². The summed E-state index contributed by atoms with van der Waals surface area (Å²) in [7, 11) is 4.06. The molecule has 2 aromatic heterocycles. The number of hydrogen-bond donors (Lipinski definition) is 2. The summed E-state index contributed by atoms with van der Waals surface area (Å²) in [6.45, 7) is 2.92. The van der Waals surface area contributed by atoms with E-state index in [9.17, 15) is 4.79 Å². The van der Waals surface area contributed by atoms with E-state index in [1.54, 1.807) is 6.21 Å². The number of carbonyl (C=O) groups excluding carboxylic acids is 1. The van der Waals surface area contributed by atoms with Crippen LogP contribution in [0.5, 0.6) is 0 Å². The van der Waals surface area contributed by atoms with E-state index >= 15 is 0 Å². The number of hydrogen-bond acceptors (Lipinski definition) is 5. The average Bonchev–Trinajstić information content (AvgIpc) is 3.05. The molecule has 0 spiro atoms. The highest BCUT2D eigenvalue weighted by Gasteiger charge is 2.16. The second kappa shape index (κ2) is 9.06. The van der Waals surface area contributed by atoms with Crippen molar-refractivity contribution in [2.24, 2.45) is 4.99 Å². The minimum atomic E-state index is -0.286. The molecule has 0 fully saturated rings. The van der Waals surface area contributed by atoms with Crippen LogP contribution in [0, 0.1) is 0 Å². The maximum absolute atomic E-state index is 12.9. The Bertz CT molecular complexity index is 1200. The van der Waals surface area contributed by atoms with Crippen LogP contribution in [0.1, 0.15) is 35.8 Å².